The smallest absolute Gasteiger partial charge is 0.0594 e. The van der Waals surface area contributed by atoms with Crippen molar-refractivity contribution in [2.75, 3.05) is 33.3 Å². The van der Waals surface area contributed by atoms with E-state index in [4.69, 9.17) is 4.74 Å². The Morgan fingerprint density at radius 3 is 2.43 bits per heavy atom. The van der Waals surface area contributed by atoms with Crippen molar-refractivity contribution < 1.29 is 4.74 Å². The van der Waals surface area contributed by atoms with Crippen LogP contribution in [0.4, 0.5) is 0 Å². The molecule has 1 atom stereocenters. The lowest BCUT2D eigenvalue weighted by molar-refractivity contribution is 0.0790. The standard InChI is InChI=1S/C11H26N2O/c1-6-13(5)9-11(4)12-7-8-14-10(2)3/h10-12H,6-9H2,1-5H3. The van der Waals surface area contributed by atoms with E-state index >= 15 is 0 Å². The highest BCUT2D eigenvalue weighted by atomic mass is 16.5. The van der Waals surface area contributed by atoms with E-state index in [1.807, 2.05) is 0 Å². The molecule has 0 rings (SSSR count). The Kier molecular flexibility index (Phi) is 8.14. The molecule has 0 aromatic rings. The van der Waals surface area contributed by atoms with Gasteiger partial charge in [0, 0.05) is 19.1 Å². The van der Waals surface area contributed by atoms with Crippen LogP contribution in [0.3, 0.4) is 0 Å². The molecule has 1 unspecified atom stereocenters. The molecular weight excluding hydrogens is 176 g/mol. The van der Waals surface area contributed by atoms with Gasteiger partial charge >= 0.3 is 0 Å². The fraction of sp³-hybridized carbons (Fsp3) is 1.00. The lowest BCUT2D eigenvalue weighted by Crippen LogP contribution is -2.39. The van der Waals surface area contributed by atoms with Gasteiger partial charge in [0.15, 0.2) is 0 Å². The Labute approximate surface area is 88.8 Å². The largest absolute Gasteiger partial charge is 0.377 e. The van der Waals surface area contributed by atoms with Crippen LogP contribution >= 0.6 is 0 Å². The van der Waals surface area contributed by atoms with Gasteiger partial charge in [0.05, 0.1) is 12.7 Å². The zero-order chi connectivity index (χ0) is 11.0. The third-order valence-corrected chi connectivity index (χ3v) is 2.17. The van der Waals surface area contributed by atoms with Crippen LogP contribution in [0.2, 0.25) is 0 Å². The summed E-state index contributed by atoms with van der Waals surface area (Å²) in [6.07, 6.45) is 0.338. The molecule has 3 heteroatoms. The number of rotatable bonds is 8. The van der Waals surface area contributed by atoms with Crippen LogP contribution < -0.4 is 5.32 Å². The van der Waals surface area contributed by atoms with Gasteiger partial charge in [-0.25, -0.2) is 0 Å². The van der Waals surface area contributed by atoms with Gasteiger partial charge < -0.3 is 15.0 Å². The van der Waals surface area contributed by atoms with Crippen LogP contribution in [0.5, 0.6) is 0 Å². The fourth-order valence-corrected chi connectivity index (χ4v) is 1.26. The fourth-order valence-electron chi connectivity index (χ4n) is 1.26. The van der Waals surface area contributed by atoms with Gasteiger partial charge in [-0.05, 0) is 34.4 Å². The maximum atomic E-state index is 5.45. The number of likely N-dealkylation sites (N-methyl/N-ethyl adjacent to an activating group) is 1. The van der Waals surface area contributed by atoms with Crippen molar-refractivity contribution in [3.05, 3.63) is 0 Å². The molecule has 86 valence electrons. The molecule has 0 saturated heterocycles. The first-order chi connectivity index (χ1) is 6.56. The zero-order valence-electron chi connectivity index (χ0n) is 10.3. The molecule has 0 amide bonds. The van der Waals surface area contributed by atoms with E-state index < -0.39 is 0 Å². The van der Waals surface area contributed by atoms with E-state index in [0.29, 0.717) is 12.1 Å². The van der Waals surface area contributed by atoms with Gasteiger partial charge in [-0.2, -0.15) is 0 Å². The van der Waals surface area contributed by atoms with E-state index in [9.17, 15) is 0 Å². The van der Waals surface area contributed by atoms with E-state index in [1.165, 1.54) is 0 Å². The number of hydrogen-bond acceptors (Lipinski definition) is 3. The summed E-state index contributed by atoms with van der Waals surface area (Å²) in [7, 11) is 2.14. The monoisotopic (exact) mass is 202 g/mol. The number of nitrogens with zero attached hydrogens (tertiary/aromatic N) is 1. The Morgan fingerprint density at radius 2 is 1.93 bits per heavy atom. The molecule has 0 aliphatic heterocycles. The van der Waals surface area contributed by atoms with Crippen molar-refractivity contribution in [3.63, 3.8) is 0 Å². The maximum Gasteiger partial charge on any atom is 0.0594 e. The number of ether oxygens (including phenoxy) is 1. The second kappa shape index (κ2) is 8.21. The molecule has 0 saturated carbocycles. The van der Waals surface area contributed by atoms with Gasteiger partial charge in [-0.15, -0.1) is 0 Å². The quantitative estimate of drug-likeness (QED) is 0.601. The van der Waals surface area contributed by atoms with E-state index in [2.05, 4.69) is 45.0 Å². The average molecular weight is 202 g/mol. The summed E-state index contributed by atoms with van der Waals surface area (Å²) >= 11 is 0. The summed E-state index contributed by atoms with van der Waals surface area (Å²) in [6, 6.07) is 0.538. The summed E-state index contributed by atoms with van der Waals surface area (Å²) in [5.74, 6) is 0. The van der Waals surface area contributed by atoms with Gasteiger partial charge in [-0.1, -0.05) is 6.92 Å². The van der Waals surface area contributed by atoms with Crippen molar-refractivity contribution in [3.8, 4) is 0 Å². The third kappa shape index (κ3) is 8.48. The van der Waals surface area contributed by atoms with Gasteiger partial charge in [0.25, 0.3) is 0 Å². The van der Waals surface area contributed by atoms with Crippen molar-refractivity contribution >= 4 is 0 Å². The molecule has 0 fully saturated rings. The van der Waals surface area contributed by atoms with Crippen LogP contribution in [-0.4, -0.2) is 50.3 Å². The highest BCUT2D eigenvalue weighted by Gasteiger charge is 2.03. The first-order valence-corrected chi connectivity index (χ1v) is 5.59. The second-order valence-electron chi connectivity index (χ2n) is 4.13. The van der Waals surface area contributed by atoms with E-state index in [-0.39, 0.29) is 0 Å². The molecule has 0 aromatic carbocycles. The predicted octanol–water partition coefficient (Wildman–Crippen LogP) is 1.34. The third-order valence-electron chi connectivity index (χ3n) is 2.17. The van der Waals surface area contributed by atoms with Crippen LogP contribution in [0.15, 0.2) is 0 Å². The average Bonchev–Trinajstić information content (AvgIpc) is 2.12. The minimum atomic E-state index is 0.338. The molecule has 0 heterocycles. The SMILES string of the molecule is CCN(C)CC(C)NCCOC(C)C. The summed E-state index contributed by atoms with van der Waals surface area (Å²) in [5, 5.41) is 3.44. The first kappa shape index (κ1) is 13.9. The van der Waals surface area contributed by atoms with Crippen LogP contribution in [-0.2, 0) is 4.74 Å². The molecule has 14 heavy (non-hydrogen) atoms. The molecule has 1 N–H and O–H groups in total. The molecule has 0 bridgehead atoms. The first-order valence-electron chi connectivity index (χ1n) is 5.59. The number of nitrogens with one attached hydrogen (secondary N) is 1. The molecule has 0 aliphatic rings. The topological polar surface area (TPSA) is 24.5 Å². The molecule has 3 nitrogen and oxygen atoms in total. The summed E-state index contributed by atoms with van der Waals surface area (Å²) in [4.78, 5) is 2.31. The van der Waals surface area contributed by atoms with E-state index in [1.54, 1.807) is 0 Å². The summed E-state index contributed by atoms with van der Waals surface area (Å²) in [6.45, 7) is 12.5. The highest BCUT2D eigenvalue weighted by molar-refractivity contribution is 4.64. The Bertz CT molecular complexity index is 128. The predicted molar refractivity (Wildman–Crippen MR) is 61.7 cm³/mol. The van der Waals surface area contributed by atoms with Crippen molar-refractivity contribution in [1.82, 2.24) is 10.2 Å². The number of hydrogen-bond donors (Lipinski definition) is 1. The molecule has 0 aliphatic carbocycles. The second-order valence-corrected chi connectivity index (χ2v) is 4.13. The van der Waals surface area contributed by atoms with Crippen molar-refractivity contribution in [2.24, 2.45) is 0 Å². The minimum Gasteiger partial charge on any atom is -0.377 e. The summed E-state index contributed by atoms with van der Waals surface area (Å²) in [5.41, 5.74) is 0. The summed E-state index contributed by atoms with van der Waals surface area (Å²) < 4.78 is 5.45. The van der Waals surface area contributed by atoms with Gasteiger partial charge in [-0.3, -0.25) is 0 Å². The van der Waals surface area contributed by atoms with Crippen LogP contribution in [0.25, 0.3) is 0 Å². The normalized spacial score (nSPS) is 13.9. The van der Waals surface area contributed by atoms with E-state index in [0.717, 1.165) is 26.2 Å². The maximum absolute atomic E-state index is 5.45. The zero-order valence-corrected chi connectivity index (χ0v) is 10.3. The Morgan fingerprint density at radius 1 is 1.29 bits per heavy atom. The Hall–Kier alpha value is -0.120. The van der Waals surface area contributed by atoms with Crippen molar-refractivity contribution in [1.29, 1.82) is 0 Å². The molecule has 0 spiro atoms. The lowest BCUT2D eigenvalue weighted by atomic mass is 10.3. The van der Waals surface area contributed by atoms with Gasteiger partial charge in [0.1, 0.15) is 0 Å². The van der Waals surface area contributed by atoms with Crippen molar-refractivity contribution in [2.45, 2.75) is 39.8 Å². The van der Waals surface area contributed by atoms with Crippen LogP contribution in [0, 0.1) is 0 Å². The molecular formula is C11H26N2O. The highest BCUT2D eigenvalue weighted by Crippen LogP contribution is 1.89. The molecule has 0 radical (unpaired) electrons. The Balaban J connectivity index is 3.30. The minimum absolute atomic E-state index is 0.338. The van der Waals surface area contributed by atoms with Gasteiger partial charge in [0.2, 0.25) is 0 Å². The van der Waals surface area contributed by atoms with Crippen LogP contribution in [0.1, 0.15) is 27.7 Å². The lowest BCUT2D eigenvalue weighted by Gasteiger charge is -2.20. The molecule has 0 aromatic heterocycles.